The van der Waals surface area contributed by atoms with Crippen molar-refractivity contribution in [2.75, 3.05) is 19.7 Å². The van der Waals surface area contributed by atoms with E-state index in [1.54, 1.807) is 29.2 Å². The fraction of sp³-hybridized carbons (Fsp3) is 0.500. The second-order valence-electron chi connectivity index (χ2n) is 5.55. The van der Waals surface area contributed by atoms with E-state index in [4.69, 9.17) is 4.74 Å². The number of hydrogen-bond donors (Lipinski definition) is 1. The Morgan fingerprint density at radius 1 is 1.38 bits per heavy atom. The number of carbonyl (C=O) groups excluding carboxylic acids is 1. The maximum Gasteiger partial charge on any atom is 0.308 e. The van der Waals surface area contributed by atoms with Crippen LogP contribution in [0.15, 0.2) is 24.3 Å². The fourth-order valence-corrected chi connectivity index (χ4v) is 2.76. The second-order valence-corrected chi connectivity index (χ2v) is 5.55. The molecule has 2 unspecified atom stereocenters. The van der Waals surface area contributed by atoms with Gasteiger partial charge in [-0.3, -0.25) is 9.59 Å². The first-order valence-electron chi connectivity index (χ1n) is 7.26. The van der Waals surface area contributed by atoms with Crippen LogP contribution in [-0.4, -0.2) is 41.6 Å². The summed E-state index contributed by atoms with van der Waals surface area (Å²) in [6.07, 6.45) is 0.623. The Bertz CT molecular complexity index is 529. The first kappa shape index (κ1) is 15.4. The molecule has 1 N–H and O–H groups in total. The Balaban J connectivity index is 2.14. The molecule has 1 aliphatic rings. The van der Waals surface area contributed by atoms with Gasteiger partial charge < -0.3 is 14.7 Å². The number of ether oxygens (including phenoxy) is 1. The number of aliphatic carboxylic acids is 1. The van der Waals surface area contributed by atoms with Crippen LogP contribution in [0.3, 0.4) is 0 Å². The van der Waals surface area contributed by atoms with Crippen LogP contribution in [0.4, 0.5) is 0 Å². The van der Waals surface area contributed by atoms with Gasteiger partial charge in [0, 0.05) is 18.7 Å². The van der Waals surface area contributed by atoms with E-state index in [0.717, 1.165) is 0 Å². The predicted octanol–water partition coefficient (Wildman–Crippen LogP) is 2.27. The van der Waals surface area contributed by atoms with Crippen LogP contribution in [0.5, 0.6) is 5.75 Å². The number of likely N-dealkylation sites (tertiary alicyclic amines) is 1. The summed E-state index contributed by atoms with van der Waals surface area (Å²) in [6.45, 7) is 5.28. The van der Waals surface area contributed by atoms with Crippen LogP contribution in [0.25, 0.3) is 0 Å². The molecule has 1 heterocycles. The molecule has 0 spiro atoms. The van der Waals surface area contributed by atoms with Crippen molar-refractivity contribution in [1.82, 2.24) is 4.90 Å². The Labute approximate surface area is 124 Å². The van der Waals surface area contributed by atoms with Gasteiger partial charge in [0.15, 0.2) is 0 Å². The van der Waals surface area contributed by atoms with E-state index in [2.05, 4.69) is 0 Å². The van der Waals surface area contributed by atoms with Gasteiger partial charge in [-0.05, 0) is 37.5 Å². The van der Waals surface area contributed by atoms with Crippen LogP contribution in [0.2, 0.25) is 0 Å². The lowest BCUT2D eigenvalue weighted by molar-refractivity contribution is -0.143. The van der Waals surface area contributed by atoms with Crippen LogP contribution >= 0.6 is 0 Å². The molecule has 2 rings (SSSR count). The highest BCUT2D eigenvalue weighted by atomic mass is 16.5. The van der Waals surface area contributed by atoms with Crippen molar-refractivity contribution >= 4 is 11.9 Å². The average molecular weight is 291 g/mol. The third-order valence-electron chi connectivity index (χ3n) is 3.69. The van der Waals surface area contributed by atoms with E-state index in [9.17, 15) is 14.7 Å². The quantitative estimate of drug-likeness (QED) is 0.924. The van der Waals surface area contributed by atoms with Crippen molar-refractivity contribution in [3.05, 3.63) is 29.8 Å². The molecule has 1 saturated heterocycles. The standard InChI is InChI=1S/C16H21NO4/c1-3-21-14-6-4-5-12(8-14)15(18)17-9-11(2)7-13(10-17)16(19)20/h4-6,8,11,13H,3,7,9-10H2,1-2H3,(H,19,20). The maximum atomic E-state index is 12.5. The number of piperidine rings is 1. The van der Waals surface area contributed by atoms with Crippen LogP contribution in [0.1, 0.15) is 30.6 Å². The fourth-order valence-electron chi connectivity index (χ4n) is 2.76. The first-order chi connectivity index (χ1) is 10.0. The second kappa shape index (κ2) is 6.61. The van der Waals surface area contributed by atoms with Crippen LogP contribution in [-0.2, 0) is 4.79 Å². The molecule has 1 aromatic carbocycles. The van der Waals surface area contributed by atoms with Gasteiger partial charge in [-0.25, -0.2) is 0 Å². The third kappa shape index (κ3) is 3.74. The van der Waals surface area contributed by atoms with Gasteiger partial charge in [0.1, 0.15) is 5.75 Å². The zero-order chi connectivity index (χ0) is 15.4. The number of hydrogen-bond acceptors (Lipinski definition) is 3. The zero-order valence-corrected chi connectivity index (χ0v) is 12.4. The van der Waals surface area contributed by atoms with E-state index in [1.807, 2.05) is 13.8 Å². The molecule has 0 radical (unpaired) electrons. The lowest BCUT2D eigenvalue weighted by atomic mass is 9.90. The number of amides is 1. The maximum absolute atomic E-state index is 12.5. The van der Waals surface area contributed by atoms with E-state index >= 15 is 0 Å². The summed E-state index contributed by atoms with van der Waals surface area (Å²) in [5, 5.41) is 9.18. The Hall–Kier alpha value is -2.04. The summed E-state index contributed by atoms with van der Waals surface area (Å²) in [5.74, 6) is -0.591. The van der Waals surface area contributed by atoms with Crippen LogP contribution in [0, 0.1) is 11.8 Å². The minimum atomic E-state index is -0.831. The highest BCUT2D eigenvalue weighted by molar-refractivity contribution is 5.95. The van der Waals surface area contributed by atoms with E-state index in [-0.39, 0.29) is 18.4 Å². The number of nitrogens with zero attached hydrogens (tertiary/aromatic N) is 1. The molecular weight excluding hydrogens is 270 g/mol. The average Bonchev–Trinajstić information content (AvgIpc) is 2.46. The normalized spacial score (nSPS) is 21.9. The first-order valence-corrected chi connectivity index (χ1v) is 7.26. The van der Waals surface area contributed by atoms with Gasteiger partial charge in [-0.15, -0.1) is 0 Å². The smallest absolute Gasteiger partial charge is 0.308 e. The Morgan fingerprint density at radius 2 is 2.14 bits per heavy atom. The van der Waals surface area contributed by atoms with Gasteiger partial charge >= 0.3 is 5.97 Å². The van der Waals surface area contributed by atoms with E-state index < -0.39 is 11.9 Å². The topological polar surface area (TPSA) is 66.8 Å². The predicted molar refractivity (Wildman–Crippen MR) is 78.4 cm³/mol. The summed E-state index contributed by atoms with van der Waals surface area (Å²) in [4.78, 5) is 25.4. The molecule has 114 valence electrons. The largest absolute Gasteiger partial charge is 0.494 e. The van der Waals surface area contributed by atoms with Crippen molar-refractivity contribution < 1.29 is 19.4 Å². The molecule has 5 heteroatoms. The van der Waals surface area contributed by atoms with Gasteiger partial charge in [0.05, 0.1) is 12.5 Å². The number of carboxylic acids is 1. The molecule has 0 aliphatic carbocycles. The Morgan fingerprint density at radius 3 is 2.81 bits per heavy atom. The van der Waals surface area contributed by atoms with Crippen LogP contribution < -0.4 is 4.74 Å². The van der Waals surface area contributed by atoms with Crippen molar-refractivity contribution in [3.63, 3.8) is 0 Å². The number of rotatable bonds is 4. The molecule has 0 saturated carbocycles. The van der Waals surface area contributed by atoms with Gasteiger partial charge in [-0.1, -0.05) is 13.0 Å². The molecule has 2 atom stereocenters. The molecule has 1 aromatic rings. The molecule has 1 aliphatic heterocycles. The van der Waals surface area contributed by atoms with Gasteiger partial charge in [-0.2, -0.15) is 0 Å². The van der Waals surface area contributed by atoms with Crippen molar-refractivity contribution in [2.45, 2.75) is 20.3 Å². The molecule has 0 aromatic heterocycles. The molecule has 1 fully saturated rings. The van der Waals surface area contributed by atoms with Crippen molar-refractivity contribution in [1.29, 1.82) is 0 Å². The van der Waals surface area contributed by atoms with Gasteiger partial charge in [0.2, 0.25) is 0 Å². The lowest BCUT2D eigenvalue weighted by Crippen LogP contribution is -2.45. The minimum Gasteiger partial charge on any atom is -0.494 e. The highest BCUT2D eigenvalue weighted by Crippen LogP contribution is 2.24. The lowest BCUT2D eigenvalue weighted by Gasteiger charge is -2.34. The molecule has 5 nitrogen and oxygen atoms in total. The monoisotopic (exact) mass is 291 g/mol. The number of carboxylic acid groups (broad SMARTS) is 1. The van der Waals surface area contributed by atoms with E-state index in [0.29, 0.717) is 30.9 Å². The minimum absolute atomic E-state index is 0.130. The zero-order valence-electron chi connectivity index (χ0n) is 12.4. The number of benzene rings is 1. The molecule has 0 bridgehead atoms. The summed E-state index contributed by atoms with van der Waals surface area (Å²) in [7, 11) is 0. The highest BCUT2D eigenvalue weighted by Gasteiger charge is 2.32. The molecule has 1 amide bonds. The van der Waals surface area contributed by atoms with Crippen molar-refractivity contribution in [3.8, 4) is 5.75 Å². The Kier molecular flexibility index (Phi) is 4.83. The summed E-state index contributed by atoms with van der Waals surface area (Å²) < 4.78 is 5.40. The summed E-state index contributed by atoms with van der Waals surface area (Å²) in [6, 6.07) is 7.03. The molecule has 21 heavy (non-hydrogen) atoms. The summed E-state index contributed by atoms with van der Waals surface area (Å²) >= 11 is 0. The molecular formula is C16H21NO4. The number of carbonyl (C=O) groups is 2. The summed E-state index contributed by atoms with van der Waals surface area (Å²) in [5.41, 5.74) is 0.541. The van der Waals surface area contributed by atoms with E-state index in [1.165, 1.54) is 0 Å². The third-order valence-corrected chi connectivity index (χ3v) is 3.69. The van der Waals surface area contributed by atoms with Gasteiger partial charge in [0.25, 0.3) is 5.91 Å². The SMILES string of the molecule is CCOc1cccc(C(=O)N2CC(C)CC(C(=O)O)C2)c1. The van der Waals surface area contributed by atoms with Crippen molar-refractivity contribution in [2.24, 2.45) is 11.8 Å².